The van der Waals surface area contributed by atoms with E-state index in [1.54, 1.807) is 12.1 Å². The standard InChI is InChI=1S/C20H22N2O4/c23-19(14-26-18-11-5-4-10-17(18)22(24)25)21-15-20(12-6-7-13-20)16-8-2-1-3-9-16/h1-5,8-11H,6-7,12-15H2,(H,21,23). The Hall–Kier alpha value is -2.89. The lowest BCUT2D eigenvalue weighted by atomic mass is 9.79. The van der Waals surface area contributed by atoms with E-state index < -0.39 is 4.92 Å². The lowest BCUT2D eigenvalue weighted by Crippen LogP contribution is -2.40. The molecule has 0 unspecified atom stereocenters. The van der Waals surface area contributed by atoms with Gasteiger partial charge in [-0.05, 0) is 24.5 Å². The summed E-state index contributed by atoms with van der Waals surface area (Å²) in [6.45, 7) is 0.311. The number of hydrogen-bond acceptors (Lipinski definition) is 4. The van der Waals surface area contributed by atoms with Crippen molar-refractivity contribution in [3.05, 3.63) is 70.3 Å². The van der Waals surface area contributed by atoms with Crippen molar-refractivity contribution in [2.45, 2.75) is 31.1 Å². The summed E-state index contributed by atoms with van der Waals surface area (Å²) in [6, 6.07) is 16.3. The molecule has 1 amide bonds. The van der Waals surface area contributed by atoms with Gasteiger partial charge in [0.25, 0.3) is 5.91 Å². The van der Waals surface area contributed by atoms with Crippen molar-refractivity contribution in [1.82, 2.24) is 5.32 Å². The zero-order chi connectivity index (χ0) is 18.4. The van der Waals surface area contributed by atoms with Crippen LogP contribution in [0.1, 0.15) is 31.2 Å². The average Bonchev–Trinajstić information content (AvgIpc) is 3.16. The van der Waals surface area contributed by atoms with Crippen LogP contribution < -0.4 is 10.1 Å². The Morgan fingerprint density at radius 2 is 1.73 bits per heavy atom. The van der Waals surface area contributed by atoms with Crippen molar-refractivity contribution in [3.8, 4) is 5.75 Å². The Balaban J connectivity index is 1.59. The van der Waals surface area contributed by atoms with Crippen molar-refractivity contribution in [2.24, 2.45) is 0 Å². The predicted octanol–water partition coefficient (Wildman–Crippen LogP) is 3.60. The molecule has 136 valence electrons. The summed E-state index contributed by atoms with van der Waals surface area (Å²) >= 11 is 0. The molecule has 0 aromatic heterocycles. The first-order valence-electron chi connectivity index (χ1n) is 8.79. The highest BCUT2D eigenvalue weighted by atomic mass is 16.6. The first-order valence-corrected chi connectivity index (χ1v) is 8.79. The number of carbonyl (C=O) groups is 1. The molecule has 0 spiro atoms. The zero-order valence-electron chi connectivity index (χ0n) is 14.5. The summed E-state index contributed by atoms with van der Waals surface area (Å²) < 4.78 is 5.36. The predicted molar refractivity (Wildman–Crippen MR) is 98.2 cm³/mol. The topological polar surface area (TPSA) is 81.5 Å². The van der Waals surface area contributed by atoms with Crippen LogP contribution >= 0.6 is 0 Å². The van der Waals surface area contributed by atoms with Gasteiger partial charge in [-0.25, -0.2) is 0 Å². The molecule has 0 aliphatic heterocycles. The zero-order valence-corrected chi connectivity index (χ0v) is 14.5. The molecule has 1 N–H and O–H groups in total. The van der Waals surface area contributed by atoms with Crippen molar-refractivity contribution in [3.63, 3.8) is 0 Å². The van der Waals surface area contributed by atoms with Gasteiger partial charge < -0.3 is 10.1 Å². The van der Waals surface area contributed by atoms with Gasteiger partial charge in [-0.2, -0.15) is 0 Å². The maximum absolute atomic E-state index is 12.2. The van der Waals surface area contributed by atoms with E-state index in [0.29, 0.717) is 6.54 Å². The molecule has 0 saturated heterocycles. The number of nitrogens with zero attached hydrogens (tertiary/aromatic N) is 1. The van der Waals surface area contributed by atoms with Crippen LogP contribution in [0.2, 0.25) is 0 Å². The average molecular weight is 354 g/mol. The maximum atomic E-state index is 12.2. The first kappa shape index (κ1) is 17.9. The molecule has 26 heavy (non-hydrogen) atoms. The van der Waals surface area contributed by atoms with E-state index in [-0.39, 0.29) is 29.4 Å². The van der Waals surface area contributed by atoms with Crippen LogP contribution in [-0.4, -0.2) is 24.0 Å². The van der Waals surface area contributed by atoms with Crippen LogP contribution in [0, 0.1) is 10.1 Å². The van der Waals surface area contributed by atoms with Gasteiger partial charge in [-0.3, -0.25) is 14.9 Å². The Morgan fingerprint density at radius 1 is 1.08 bits per heavy atom. The highest BCUT2D eigenvalue weighted by molar-refractivity contribution is 5.77. The maximum Gasteiger partial charge on any atom is 0.310 e. The third-order valence-corrected chi connectivity index (χ3v) is 4.99. The van der Waals surface area contributed by atoms with Crippen molar-refractivity contribution < 1.29 is 14.5 Å². The number of nitro groups is 1. The minimum Gasteiger partial charge on any atom is -0.477 e. The van der Waals surface area contributed by atoms with Crippen molar-refractivity contribution in [2.75, 3.05) is 13.2 Å². The van der Waals surface area contributed by atoms with Crippen LogP contribution in [-0.2, 0) is 10.2 Å². The molecule has 0 radical (unpaired) electrons. The summed E-state index contributed by atoms with van der Waals surface area (Å²) in [5.41, 5.74) is 1.07. The quantitative estimate of drug-likeness (QED) is 0.608. The Kier molecular flexibility index (Phi) is 5.51. The molecule has 2 aromatic carbocycles. The van der Waals surface area contributed by atoms with E-state index >= 15 is 0 Å². The molecule has 0 atom stereocenters. The van der Waals surface area contributed by atoms with Crippen LogP contribution in [0.15, 0.2) is 54.6 Å². The molecule has 1 saturated carbocycles. The lowest BCUT2D eigenvalue weighted by molar-refractivity contribution is -0.385. The smallest absolute Gasteiger partial charge is 0.310 e. The van der Waals surface area contributed by atoms with Crippen LogP contribution in [0.4, 0.5) is 5.69 Å². The van der Waals surface area contributed by atoms with Crippen molar-refractivity contribution in [1.29, 1.82) is 0 Å². The fourth-order valence-corrected chi connectivity index (χ4v) is 3.60. The SMILES string of the molecule is O=C(COc1ccccc1[N+](=O)[O-])NCC1(c2ccccc2)CCCC1. The first-order chi connectivity index (χ1) is 12.6. The van der Waals surface area contributed by atoms with E-state index in [1.165, 1.54) is 17.7 Å². The Morgan fingerprint density at radius 3 is 2.42 bits per heavy atom. The van der Waals surface area contributed by atoms with Gasteiger partial charge >= 0.3 is 5.69 Å². The van der Waals surface area contributed by atoms with E-state index in [4.69, 9.17) is 4.74 Å². The monoisotopic (exact) mass is 354 g/mol. The van der Waals surface area contributed by atoms with E-state index in [1.807, 2.05) is 18.2 Å². The fourth-order valence-electron chi connectivity index (χ4n) is 3.60. The third-order valence-electron chi connectivity index (χ3n) is 4.99. The number of carbonyl (C=O) groups excluding carboxylic acids is 1. The highest BCUT2D eigenvalue weighted by Gasteiger charge is 2.35. The summed E-state index contributed by atoms with van der Waals surface area (Å²) in [4.78, 5) is 22.7. The summed E-state index contributed by atoms with van der Waals surface area (Å²) in [5, 5.41) is 13.9. The highest BCUT2D eigenvalue weighted by Crippen LogP contribution is 2.40. The molecular formula is C20H22N2O4. The summed E-state index contributed by atoms with van der Waals surface area (Å²) in [7, 11) is 0. The molecule has 0 heterocycles. The number of rotatable bonds is 7. The Bertz CT molecular complexity index is 770. The number of nitrogens with one attached hydrogen (secondary N) is 1. The lowest BCUT2D eigenvalue weighted by Gasteiger charge is -2.30. The third kappa shape index (κ3) is 4.02. The molecule has 6 heteroatoms. The second-order valence-corrected chi connectivity index (χ2v) is 6.64. The second-order valence-electron chi connectivity index (χ2n) is 6.64. The van der Waals surface area contributed by atoms with Crippen LogP contribution in [0.3, 0.4) is 0 Å². The number of amides is 1. The van der Waals surface area contributed by atoms with Gasteiger partial charge in [-0.15, -0.1) is 0 Å². The van der Waals surface area contributed by atoms with Gasteiger partial charge in [0.1, 0.15) is 0 Å². The van der Waals surface area contributed by atoms with E-state index in [9.17, 15) is 14.9 Å². The molecule has 1 fully saturated rings. The number of ether oxygens (including phenoxy) is 1. The molecule has 6 nitrogen and oxygen atoms in total. The second kappa shape index (κ2) is 7.99. The molecular weight excluding hydrogens is 332 g/mol. The number of hydrogen-bond donors (Lipinski definition) is 1. The largest absolute Gasteiger partial charge is 0.477 e. The van der Waals surface area contributed by atoms with Gasteiger partial charge in [0.15, 0.2) is 12.4 Å². The van der Waals surface area contributed by atoms with Gasteiger partial charge in [0, 0.05) is 18.0 Å². The van der Waals surface area contributed by atoms with Crippen LogP contribution in [0.5, 0.6) is 5.75 Å². The van der Waals surface area contributed by atoms with Gasteiger partial charge in [-0.1, -0.05) is 55.3 Å². The number of para-hydroxylation sites is 2. The van der Waals surface area contributed by atoms with Crippen molar-refractivity contribution >= 4 is 11.6 Å². The minimum absolute atomic E-state index is 0.0321. The summed E-state index contributed by atoms with van der Waals surface area (Å²) in [5.74, 6) is -0.170. The van der Waals surface area contributed by atoms with Gasteiger partial charge in [0.2, 0.25) is 0 Å². The van der Waals surface area contributed by atoms with E-state index in [2.05, 4.69) is 17.4 Å². The van der Waals surface area contributed by atoms with E-state index in [0.717, 1.165) is 25.7 Å². The summed E-state index contributed by atoms with van der Waals surface area (Å²) in [6.07, 6.45) is 4.39. The van der Waals surface area contributed by atoms with Crippen LogP contribution in [0.25, 0.3) is 0 Å². The van der Waals surface area contributed by atoms with Gasteiger partial charge in [0.05, 0.1) is 4.92 Å². The Labute approximate surface area is 152 Å². The normalized spacial score (nSPS) is 15.4. The molecule has 1 aliphatic carbocycles. The minimum atomic E-state index is -0.518. The molecule has 2 aromatic rings. The fraction of sp³-hybridized carbons (Fsp3) is 0.350. The molecule has 0 bridgehead atoms. The number of nitro benzene ring substituents is 1. The molecule has 3 rings (SSSR count). The number of benzene rings is 2. The molecule has 1 aliphatic rings.